The van der Waals surface area contributed by atoms with E-state index in [4.69, 9.17) is 0 Å². The van der Waals surface area contributed by atoms with Gasteiger partial charge >= 0.3 is 0 Å². The van der Waals surface area contributed by atoms with Crippen LogP contribution in [0.15, 0.2) is 11.6 Å². The van der Waals surface area contributed by atoms with Gasteiger partial charge in [-0.3, -0.25) is 4.79 Å². The van der Waals surface area contributed by atoms with E-state index in [1.807, 2.05) is 0 Å². The van der Waals surface area contributed by atoms with Crippen molar-refractivity contribution in [2.75, 3.05) is 13.1 Å². The highest BCUT2D eigenvalue weighted by Crippen LogP contribution is 2.22. The summed E-state index contributed by atoms with van der Waals surface area (Å²) >= 11 is 0. The Balaban J connectivity index is 1.85. The maximum atomic E-state index is 12.0. The van der Waals surface area contributed by atoms with Gasteiger partial charge in [0.1, 0.15) is 0 Å². The molecule has 2 nitrogen and oxygen atoms in total. The topological polar surface area (TPSA) is 29.1 Å². The van der Waals surface area contributed by atoms with Crippen LogP contribution in [0.4, 0.5) is 0 Å². The fourth-order valence-corrected chi connectivity index (χ4v) is 2.55. The first-order valence-corrected chi connectivity index (χ1v) is 6.29. The number of carbonyl (C=O) groups excluding carboxylic acids is 1. The Morgan fingerprint density at radius 1 is 1.40 bits per heavy atom. The summed E-state index contributed by atoms with van der Waals surface area (Å²) in [5.74, 6) is 1.02. The molecule has 1 saturated heterocycles. The van der Waals surface area contributed by atoms with Gasteiger partial charge in [0, 0.05) is 6.42 Å². The van der Waals surface area contributed by atoms with E-state index in [1.54, 1.807) is 0 Å². The van der Waals surface area contributed by atoms with Gasteiger partial charge in [-0.05, 0) is 56.7 Å². The van der Waals surface area contributed by atoms with Gasteiger partial charge in [0.05, 0.1) is 0 Å². The number of carbonyl (C=O) groups is 1. The Hall–Kier alpha value is -0.630. The lowest BCUT2D eigenvalue weighted by atomic mass is 9.95. The van der Waals surface area contributed by atoms with Gasteiger partial charge in [0.25, 0.3) is 0 Å². The molecule has 84 valence electrons. The van der Waals surface area contributed by atoms with Crippen LogP contribution in [-0.2, 0) is 4.79 Å². The zero-order valence-electron chi connectivity index (χ0n) is 9.43. The predicted molar refractivity (Wildman–Crippen MR) is 61.8 cm³/mol. The number of hydrogen-bond acceptors (Lipinski definition) is 2. The van der Waals surface area contributed by atoms with Gasteiger partial charge in [0.2, 0.25) is 0 Å². The number of Topliss-reactive ketones (excluding diaryl/α,β-unsaturated/α-hetero) is 1. The van der Waals surface area contributed by atoms with Gasteiger partial charge in [-0.2, -0.15) is 0 Å². The van der Waals surface area contributed by atoms with Gasteiger partial charge in [-0.1, -0.05) is 12.5 Å². The number of ketones is 1. The maximum Gasteiger partial charge on any atom is 0.158 e. The van der Waals surface area contributed by atoms with Crippen molar-refractivity contribution in [3.8, 4) is 0 Å². The highest BCUT2D eigenvalue weighted by Gasteiger charge is 2.20. The molecule has 2 aliphatic rings. The molecule has 1 atom stereocenters. The van der Waals surface area contributed by atoms with Crippen molar-refractivity contribution in [1.29, 1.82) is 0 Å². The Kier molecular flexibility index (Phi) is 3.95. The quantitative estimate of drug-likeness (QED) is 0.770. The number of hydrogen-bond donors (Lipinski definition) is 1. The summed E-state index contributed by atoms with van der Waals surface area (Å²) in [4.78, 5) is 12.0. The van der Waals surface area contributed by atoms with Crippen molar-refractivity contribution in [1.82, 2.24) is 5.32 Å². The van der Waals surface area contributed by atoms with Crippen molar-refractivity contribution in [2.45, 2.75) is 44.9 Å². The molecule has 0 bridgehead atoms. The molecule has 0 radical (unpaired) electrons. The van der Waals surface area contributed by atoms with E-state index in [9.17, 15) is 4.79 Å². The molecule has 1 unspecified atom stereocenters. The van der Waals surface area contributed by atoms with Gasteiger partial charge < -0.3 is 5.32 Å². The fourth-order valence-electron chi connectivity index (χ4n) is 2.55. The molecule has 15 heavy (non-hydrogen) atoms. The highest BCUT2D eigenvalue weighted by molar-refractivity contribution is 5.95. The smallest absolute Gasteiger partial charge is 0.158 e. The van der Waals surface area contributed by atoms with E-state index < -0.39 is 0 Å². The number of nitrogens with one attached hydrogen (secondary N) is 1. The third-order valence-corrected chi connectivity index (χ3v) is 3.54. The minimum Gasteiger partial charge on any atom is -0.316 e. The molecule has 2 rings (SSSR count). The van der Waals surface area contributed by atoms with Crippen LogP contribution in [0.3, 0.4) is 0 Å². The minimum absolute atomic E-state index is 0.422. The number of rotatable bonds is 3. The second-order valence-electron chi connectivity index (χ2n) is 4.81. The zero-order chi connectivity index (χ0) is 10.5. The Morgan fingerprint density at radius 2 is 2.33 bits per heavy atom. The van der Waals surface area contributed by atoms with Crippen molar-refractivity contribution in [2.24, 2.45) is 5.92 Å². The lowest BCUT2D eigenvalue weighted by Gasteiger charge is -2.09. The van der Waals surface area contributed by atoms with Gasteiger partial charge in [-0.25, -0.2) is 0 Å². The molecule has 1 aliphatic carbocycles. The first-order valence-electron chi connectivity index (χ1n) is 6.29. The normalized spacial score (nSPS) is 27.2. The van der Waals surface area contributed by atoms with Crippen LogP contribution < -0.4 is 5.32 Å². The molecule has 0 spiro atoms. The minimum atomic E-state index is 0.422. The molecule has 2 heteroatoms. The van der Waals surface area contributed by atoms with Crippen molar-refractivity contribution in [3.63, 3.8) is 0 Å². The highest BCUT2D eigenvalue weighted by atomic mass is 16.1. The molecule has 1 fully saturated rings. The molecule has 0 aromatic rings. The van der Waals surface area contributed by atoms with E-state index in [1.165, 1.54) is 25.7 Å². The fraction of sp³-hybridized carbons (Fsp3) is 0.769. The summed E-state index contributed by atoms with van der Waals surface area (Å²) < 4.78 is 0. The lowest BCUT2D eigenvalue weighted by Crippen LogP contribution is -2.14. The third-order valence-electron chi connectivity index (χ3n) is 3.54. The Labute approximate surface area is 92.1 Å². The molecule has 1 N–H and O–H groups in total. The molecule has 1 aliphatic heterocycles. The van der Waals surface area contributed by atoms with Crippen LogP contribution in [0.2, 0.25) is 0 Å². The molecule has 0 saturated carbocycles. The lowest BCUT2D eigenvalue weighted by molar-refractivity contribution is -0.116. The Morgan fingerprint density at radius 3 is 3.13 bits per heavy atom. The van der Waals surface area contributed by atoms with Crippen molar-refractivity contribution < 1.29 is 4.79 Å². The molecule has 0 aromatic heterocycles. The molecular weight excluding hydrogens is 186 g/mol. The van der Waals surface area contributed by atoms with E-state index in [-0.39, 0.29) is 0 Å². The van der Waals surface area contributed by atoms with E-state index >= 15 is 0 Å². The zero-order valence-corrected chi connectivity index (χ0v) is 9.43. The average molecular weight is 207 g/mol. The summed E-state index contributed by atoms with van der Waals surface area (Å²) in [7, 11) is 0. The van der Waals surface area contributed by atoms with E-state index in [0.29, 0.717) is 11.7 Å². The first kappa shape index (κ1) is 10.9. The number of allylic oxidation sites excluding steroid dienone is 2. The van der Waals surface area contributed by atoms with Gasteiger partial charge in [0.15, 0.2) is 5.78 Å². The van der Waals surface area contributed by atoms with Crippen LogP contribution >= 0.6 is 0 Å². The van der Waals surface area contributed by atoms with Crippen molar-refractivity contribution in [3.05, 3.63) is 11.6 Å². The summed E-state index contributed by atoms with van der Waals surface area (Å²) in [5.41, 5.74) is 1.12. The largest absolute Gasteiger partial charge is 0.316 e. The van der Waals surface area contributed by atoms with Crippen LogP contribution in [-0.4, -0.2) is 18.9 Å². The summed E-state index contributed by atoms with van der Waals surface area (Å²) in [6.07, 6.45) is 10.1. The standard InChI is InChI=1S/C13H21NO/c15-13(9-11-7-8-14-10-11)12-5-3-1-2-4-6-12/h5,11,14H,1-4,6-10H2. The molecule has 1 heterocycles. The molecule has 0 aromatic carbocycles. The average Bonchev–Trinajstić information content (AvgIpc) is 2.58. The van der Waals surface area contributed by atoms with Crippen LogP contribution in [0.5, 0.6) is 0 Å². The summed E-state index contributed by atoms with van der Waals surface area (Å²) in [6.45, 7) is 2.13. The predicted octanol–water partition coefficient (Wildman–Crippen LogP) is 2.45. The molecular formula is C13H21NO. The van der Waals surface area contributed by atoms with E-state index in [0.717, 1.165) is 37.9 Å². The first-order chi connectivity index (χ1) is 7.36. The monoisotopic (exact) mass is 207 g/mol. The Bertz CT molecular complexity index is 251. The summed E-state index contributed by atoms with van der Waals surface area (Å²) in [6, 6.07) is 0. The van der Waals surface area contributed by atoms with E-state index in [2.05, 4.69) is 11.4 Å². The molecule has 0 amide bonds. The van der Waals surface area contributed by atoms with Crippen molar-refractivity contribution >= 4 is 5.78 Å². The second kappa shape index (κ2) is 5.45. The van der Waals surface area contributed by atoms with Crippen LogP contribution in [0, 0.1) is 5.92 Å². The van der Waals surface area contributed by atoms with Gasteiger partial charge in [-0.15, -0.1) is 0 Å². The second-order valence-corrected chi connectivity index (χ2v) is 4.81. The summed E-state index contributed by atoms with van der Waals surface area (Å²) in [5, 5.41) is 3.32. The van der Waals surface area contributed by atoms with Crippen LogP contribution in [0.1, 0.15) is 44.9 Å². The SMILES string of the molecule is O=C(CC1CCNC1)C1=CCCCCC1. The maximum absolute atomic E-state index is 12.0. The van der Waals surface area contributed by atoms with Crippen LogP contribution in [0.25, 0.3) is 0 Å². The third kappa shape index (κ3) is 3.16.